The monoisotopic (exact) mass is 420 g/mol. The van der Waals surface area contributed by atoms with Crippen molar-refractivity contribution in [1.82, 2.24) is 4.98 Å². The Balaban J connectivity index is 1.50. The van der Waals surface area contributed by atoms with Crippen LogP contribution in [0.3, 0.4) is 0 Å². The number of carbonyl (C=O) groups is 2. The van der Waals surface area contributed by atoms with E-state index in [2.05, 4.69) is 26.2 Å². The minimum atomic E-state index is -0.845. The zero-order valence-corrected chi connectivity index (χ0v) is 15.7. The van der Waals surface area contributed by atoms with Gasteiger partial charge in [-0.15, -0.1) is 11.3 Å². The SMILES string of the molecule is O=C(O)[C@@H]1[C@H]2CC[C@@H](C2)[C@H]1C(=O)Nc1nc(-c2ccc(Br)cc2)cs1. The van der Waals surface area contributed by atoms with Crippen LogP contribution >= 0.6 is 27.3 Å². The molecule has 0 spiro atoms. The molecule has 4 rings (SSSR count). The summed E-state index contributed by atoms with van der Waals surface area (Å²) in [6, 6.07) is 7.81. The molecule has 2 aromatic rings. The number of amides is 1. The van der Waals surface area contributed by atoms with Crippen LogP contribution < -0.4 is 5.32 Å². The normalized spacial score (nSPS) is 27.4. The average Bonchev–Trinajstić information content (AvgIpc) is 3.30. The summed E-state index contributed by atoms with van der Waals surface area (Å²) in [5.74, 6) is -1.69. The molecule has 2 N–H and O–H groups in total. The maximum Gasteiger partial charge on any atom is 0.307 e. The van der Waals surface area contributed by atoms with E-state index in [0.29, 0.717) is 5.13 Å². The smallest absolute Gasteiger partial charge is 0.307 e. The van der Waals surface area contributed by atoms with E-state index in [0.717, 1.165) is 35.0 Å². The summed E-state index contributed by atoms with van der Waals surface area (Å²) in [7, 11) is 0. The van der Waals surface area contributed by atoms with Gasteiger partial charge >= 0.3 is 5.97 Å². The topological polar surface area (TPSA) is 79.3 Å². The van der Waals surface area contributed by atoms with Crippen molar-refractivity contribution in [2.75, 3.05) is 5.32 Å². The van der Waals surface area contributed by atoms with E-state index in [1.165, 1.54) is 11.3 Å². The van der Waals surface area contributed by atoms with E-state index in [4.69, 9.17) is 0 Å². The average molecular weight is 421 g/mol. The number of carbonyl (C=O) groups excluding carboxylic acids is 1. The molecule has 0 aliphatic heterocycles. The fourth-order valence-corrected chi connectivity index (χ4v) is 5.28. The van der Waals surface area contributed by atoms with E-state index in [9.17, 15) is 14.7 Å². The Kier molecular flexibility index (Phi) is 4.37. The Morgan fingerprint density at radius 1 is 1.16 bits per heavy atom. The summed E-state index contributed by atoms with van der Waals surface area (Å²) in [4.78, 5) is 28.8. The number of halogens is 1. The van der Waals surface area contributed by atoms with Crippen molar-refractivity contribution in [1.29, 1.82) is 0 Å². The first kappa shape index (κ1) is 16.7. The number of anilines is 1. The minimum absolute atomic E-state index is 0.146. The number of aromatic nitrogens is 1. The molecule has 4 atom stereocenters. The Morgan fingerprint density at radius 2 is 1.84 bits per heavy atom. The lowest BCUT2D eigenvalue weighted by Gasteiger charge is -2.26. The number of carboxylic acids is 1. The highest BCUT2D eigenvalue weighted by Crippen LogP contribution is 2.52. The molecule has 130 valence electrons. The molecule has 0 saturated heterocycles. The standard InChI is InChI=1S/C18H17BrN2O3S/c19-12-5-3-9(4-6-12)13-8-25-18(20-13)21-16(22)14-10-1-2-11(7-10)15(14)17(23)24/h3-6,8,10-11,14-15H,1-2,7H2,(H,23,24)(H,20,21,22)/t10-,11-,14+,15+/m0/s1. The number of hydrogen-bond donors (Lipinski definition) is 2. The third-order valence-electron chi connectivity index (χ3n) is 5.38. The maximum absolute atomic E-state index is 12.7. The second kappa shape index (κ2) is 6.53. The predicted molar refractivity (Wildman–Crippen MR) is 99.3 cm³/mol. The summed E-state index contributed by atoms with van der Waals surface area (Å²) in [5, 5.41) is 14.8. The van der Waals surface area contributed by atoms with Crippen molar-refractivity contribution in [2.24, 2.45) is 23.7 Å². The highest BCUT2D eigenvalue weighted by Gasteiger charge is 2.54. The number of thiazole rings is 1. The van der Waals surface area contributed by atoms with Crippen LogP contribution in [0.25, 0.3) is 11.3 Å². The number of hydrogen-bond acceptors (Lipinski definition) is 4. The number of benzene rings is 1. The van der Waals surface area contributed by atoms with Crippen LogP contribution in [-0.2, 0) is 9.59 Å². The van der Waals surface area contributed by atoms with Gasteiger partial charge in [0.05, 0.1) is 17.5 Å². The molecule has 0 radical (unpaired) electrons. The summed E-state index contributed by atoms with van der Waals surface area (Å²) in [6.45, 7) is 0. The van der Waals surface area contributed by atoms with Gasteiger partial charge in [0.2, 0.25) is 5.91 Å². The van der Waals surface area contributed by atoms with E-state index >= 15 is 0 Å². The molecule has 1 aromatic heterocycles. The van der Waals surface area contributed by atoms with E-state index in [-0.39, 0.29) is 17.7 Å². The summed E-state index contributed by atoms with van der Waals surface area (Å²) in [6.07, 6.45) is 2.74. The Bertz CT molecular complexity index is 820. The summed E-state index contributed by atoms with van der Waals surface area (Å²) < 4.78 is 0.996. The molecule has 0 unspecified atom stereocenters. The van der Waals surface area contributed by atoms with Gasteiger partial charge in [-0.1, -0.05) is 28.1 Å². The Labute approximate surface area is 157 Å². The van der Waals surface area contributed by atoms with Gasteiger partial charge in [0.25, 0.3) is 0 Å². The first-order valence-corrected chi connectivity index (χ1v) is 9.95. The third kappa shape index (κ3) is 3.11. The van der Waals surface area contributed by atoms with Gasteiger partial charge in [0, 0.05) is 15.4 Å². The lowest BCUT2D eigenvalue weighted by atomic mass is 9.79. The molecular formula is C18H17BrN2O3S. The van der Waals surface area contributed by atoms with E-state index < -0.39 is 17.8 Å². The van der Waals surface area contributed by atoms with Crippen LogP contribution in [0.1, 0.15) is 19.3 Å². The number of fused-ring (bicyclic) bond motifs is 2. The van der Waals surface area contributed by atoms with Crippen molar-refractivity contribution in [3.8, 4) is 11.3 Å². The van der Waals surface area contributed by atoms with Crippen molar-refractivity contribution >= 4 is 44.3 Å². The molecule has 2 aliphatic rings. The first-order chi connectivity index (χ1) is 12.0. The highest BCUT2D eigenvalue weighted by atomic mass is 79.9. The molecule has 2 aliphatic carbocycles. The second-order valence-electron chi connectivity index (χ2n) is 6.76. The fraction of sp³-hybridized carbons (Fsp3) is 0.389. The number of aliphatic carboxylic acids is 1. The molecule has 7 heteroatoms. The second-order valence-corrected chi connectivity index (χ2v) is 8.53. The molecule has 25 heavy (non-hydrogen) atoms. The lowest BCUT2D eigenvalue weighted by Crippen LogP contribution is -2.37. The Hall–Kier alpha value is -1.73. The molecular weight excluding hydrogens is 404 g/mol. The molecule has 2 fully saturated rings. The van der Waals surface area contributed by atoms with Gasteiger partial charge in [0.15, 0.2) is 5.13 Å². The zero-order valence-electron chi connectivity index (χ0n) is 13.3. The van der Waals surface area contributed by atoms with Gasteiger partial charge in [-0.2, -0.15) is 0 Å². The van der Waals surface area contributed by atoms with Crippen LogP contribution in [0.15, 0.2) is 34.1 Å². The van der Waals surface area contributed by atoms with Crippen molar-refractivity contribution in [2.45, 2.75) is 19.3 Å². The predicted octanol–water partition coefficient (Wildman–Crippen LogP) is 4.26. The summed E-state index contributed by atoms with van der Waals surface area (Å²) >= 11 is 4.77. The van der Waals surface area contributed by atoms with Crippen molar-refractivity contribution < 1.29 is 14.7 Å². The number of carboxylic acid groups (broad SMARTS) is 1. The molecule has 2 saturated carbocycles. The zero-order chi connectivity index (χ0) is 17.6. The van der Waals surface area contributed by atoms with Gasteiger partial charge in [0.1, 0.15) is 0 Å². The molecule has 1 heterocycles. The van der Waals surface area contributed by atoms with Gasteiger partial charge in [-0.3, -0.25) is 9.59 Å². The van der Waals surface area contributed by atoms with Crippen molar-refractivity contribution in [3.05, 3.63) is 34.1 Å². The quantitative estimate of drug-likeness (QED) is 0.774. The van der Waals surface area contributed by atoms with Gasteiger partial charge in [-0.05, 0) is 43.2 Å². The molecule has 1 aromatic carbocycles. The summed E-state index contributed by atoms with van der Waals surface area (Å²) in [5.41, 5.74) is 1.78. The minimum Gasteiger partial charge on any atom is -0.481 e. The van der Waals surface area contributed by atoms with Crippen LogP contribution in [0.5, 0.6) is 0 Å². The van der Waals surface area contributed by atoms with Crippen LogP contribution in [-0.4, -0.2) is 22.0 Å². The van der Waals surface area contributed by atoms with Crippen LogP contribution in [0.4, 0.5) is 5.13 Å². The first-order valence-electron chi connectivity index (χ1n) is 8.28. The van der Waals surface area contributed by atoms with Gasteiger partial charge in [-0.25, -0.2) is 4.98 Å². The number of rotatable bonds is 4. The number of nitrogens with zero attached hydrogens (tertiary/aromatic N) is 1. The maximum atomic E-state index is 12.7. The van der Waals surface area contributed by atoms with Crippen LogP contribution in [0, 0.1) is 23.7 Å². The van der Waals surface area contributed by atoms with Crippen molar-refractivity contribution in [3.63, 3.8) is 0 Å². The fourth-order valence-electron chi connectivity index (χ4n) is 4.30. The highest BCUT2D eigenvalue weighted by molar-refractivity contribution is 9.10. The largest absolute Gasteiger partial charge is 0.481 e. The lowest BCUT2D eigenvalue weighted by molar-refractivity contribution is -0.148. The van der Waals surface area contributed by atoms with E-state index in [1.807, 2.05) is 29.6 Å². The molecule has 5 nitrogen and oxygen atoms in total. The van der Waals surface area contributed by atoms with Gasteiger partial charge < -0.3 is 10.4 Å². The van der Waals surface area contributed by atoms with Crippen LogP contribution in [0.2, 0.25) is 0 Å². The molecule has 2 bridgehead atoms. The number of nitrogens with one attached hydrogen (secondary N) is 1. The molecule has 1 amide bonds. The third-order valence-corrected chi connectivity index (χ3v) is 6.66. The van der Waals surface area contributed by atoms with E-state index in [1.54, 1.807) is 0 Å². The Morgan fingerprint density at radius 3 is 2.52 bits per heavy atom.